The van der Waals surface area contributed by atoms with Gasteiger partial charge in [0.1, 0.15) is 0 Å². The first-order valence-electron chi connectivity index (χ1n) is 9.38. The van der Waals surface area contributed by atoms with E-state index < -0.39 is 6.03 Å². The normalized spacial score (nSPS) is 10.0. The smallest absolute Gasteiger partial charge is 0.323 e. The molecule has 7 heteroatoms. The number of urea groups is 1. The molecule has 152 valence electrons. The molecule has 3 aromatic rings. The van der Waals surface area contributed by atoms with Crippen LogP contribution in [0.5, 0.6) is 0 Å². The SMILES string of the molecule is Cc1ccc(NC(=O)Nc2ccccc2)cc1NC(=O)CNC(=O)c1ccccc1. The molecular weight excluding hydrogens is 380 g/mol. The van der Waals surface area contributed by atoms with Gasteiger partial charge in [0, 0.05) is 22.6 Å². The maximum absolute atomic E-state index is 12.2. The highest BCUT2D eigenvalue weighted by Gasteiger charge is 2.10. The molecule has 0 radical (unpaired) electrons. The molecule has 0 fully saturated rings. The first kappa shape index (κ1) is 20.6. The van der Waals surface area contributed by atoms with Crippen LogP contribution in [0.2, 0.25) is 0 Å². The van der Waals surface area contributed by atoms with Gasteiger partial charge in [-0.2, -0.15) is 0 Å². The Morgan fingerprint density at radius 2 is 1.37 bits per heavy atom. The Hall–Kier alpha value is -4.13. The minimum Gasteiger partial charge on any atom is -0.343 e. The number of rotatable bonds is 6. The number of amides is 4. The van der Waals surface area contributed by atoms with Crippen LogP contribution in [0, 0.1) is 6.92 Å². The van der Waals surface area contributed by atoms with E-state index in [1.54, 1.807) is 54.6 Å². The first-order valence-corrected chi connectivity index (χ1v) is 9.38. The minimum absolute atomic E-state index is 0.167. The monoisotopic (exact) mass is 402 g/mol. The van der Waals surface area contributed by atoms with Crippen LogP contribution < -0.4 is 21.3 Å². The summed E-state index contributed by atoms with van der Waals surface area (Å²) in [6, 6.07) is 22.5. The fourth-order valence-electron chi connectivity index (χ4n) is 2.70. The number of benzene rings is 3. The molecule has 0 aliphatic heterocycles. The summed E-state index contributed by atoms with van der Waals surface area (Å²) < 4.78 is 0. The third-order valence-electron chi connectivity index (χ3n) is 4.25. The van der Waals surface area contributed by atoms with Crippen molar-refractivity contribution in [3.05, 3.63) is 90.0 Å². The predicted molar refractivity (Wildman–Crippen MR) is 118 cm³/mol. The molecule has 4 N–H and O–H groups in total. The second-order valence-electron chi connectivity index (χ2n) is 6.57. The van der Waals surface area contributed by atoms with Gasteiger partial charge in [-0.3, -0.25) is 9.59 Å². The van der Waals surface area contributed by atoms with Gasteiger partial charge in [0.15, 0.2) is 0 Å². The Bertz CT molecular complexity index is 1040. The van der Waals surface area contributed by atoms with E-state index >= 15 is 0 Å². The van der Waals surface area contributed by atoms with Gasteiger partial charge in [-0.15, -0.1) is 0 Å². The highest BCUT2D eigenvalue weighted by molar-refractivity contribution is 6.02. The molecule has 4 amide bonds. The van der Waals surface area contributed by atoms with Crippen molar-refractivity contribution in [2.24, 2.45) is 0 Å². The van der Waals surface area contributed by atoms with E-state index in [4.69, 9.17) is 0 Å². The van der Waals surface area contributed by atoms with Crippen LogP contribution in [0.4, 0.5) is 21.9 Å². The Morgan fingerprint density at radius 3 is 2.07 bits per heavy atom. The lowest BCUT2D eigenvalue weighted by atomic mass is 10.1. The van der Waals surface area contributed by atoms with Crippen LogP contribution in [0.3, 0.4) is 0 Å². The van der Waals surface area contributed by atoms with Gasteiger partial charge in [0.2, 0.25) is 5.91 Å². The Balaban J connectivity index is 1.56. The van der Waals surface area contributed by atoms with Crippen molar-refractivity contribution in [1.82, 2.24) is 5.32 Å². The number of carbonyl (C=O) groups is 3. The standard InChI is InChI=1S/C23H22N4O3/c1-16-12-13-19(26-23(30)25-18-10-6-3-7-11-18)14-20(16)27-21(28)15-24-22(29)17-8-4-2-5-9-17/h2-14H,15H2,1H3,(H,24,29)(H,27,28)(H2,25,26,30). The number of anilines is 3. The molecule has 0 aromatic heterocycles. The van der Waals surface area contributed by atoms with Crippen molar-refractivity contribution in [1.29, 1.82) is 0 Å². The van der Waals surface area contributed by atoms with Crippen LogP contribution in [0.15, 0.2) is 78.9 Å². The highest BCUT2D eigenvalue weighted by Crippen LogP contribution is 2.20. The summed E-state index contributed by atoms with van der Waals surface area (Å²) in [7, 11) is 0. The zero-order valence-electron chi connectivity index (χ0n) is 16.4. The van der Waals surface area contributed by atoms with Crippen LogP contribution in [-0.2, 0) is 4.79 Å². The molecule has 0 saturated carbocycles. The van der Waals surface area contributed by atoms with E-state index in [2.05, 4.69) is 21.3 Å². The van der Waals surface area contributed by atoms with E-state index in [0.717, 1.165) is 5.56 Å². The summed E-state index contributed by atoms with van der Waals surface area (Å²) in [5, 5.41) is 10.8. The molecule has 0 atom stereocenters. The van der Waals surface area contributed by atoms with Crippen LogP contribution in [-0.4, -0.2) is 24.4 Å². The largest absolute Gasteiger partial charge is 0.343 e. The molecule has 30 heavy (non-hydrogen) atoms. The summed E-state index contributed by atoms with van der Waals surface area (Å²) in [5.74, 6) is -0.691. The van der Waals surface area contributed by atoms with Crippen molar-refractivity contribution in [3.63, 3.8) is 0 Å². The molecule has 0 saturated heterocycles. The summed E-state index contributed by atoms with van der Waals surface area (Å²) in [6.07, 6.45) is 0. The quantitative estimate of drug-likeness (QED) is 0.501. The molecule has 7 nitrogen and oxygen atoms in total. The van der Waals surface area contributed by atoms with Crippen LogP contribution >= 0.6 is 0 Å². The third kappa shape index (κ3) is 5.93. The number of para-hydroxylation sites is 1. The van der Waals surface area contributed by atoms with Crippen molar-refractivity contribution in [2.45, 2.75) is 6.92 Å². The molecule has 0 bridgehead atoms. The molecular formula is C23H22N4O3. The number of carbonyl (C=O) groups excluding carboxylic acids is 3. The van der Waals surface area contributed by atoms with Gasteiger partial charge in [-0.1, -0.05) is 42.5 Å². The molecule has 3 aromatic carbocycles. The fourth-order valence-corrected chi connectivity index (χ4v) is 2.70. The van der Waals surface area contributed by atoms with Gasteiger partial charge in [-0.05, 0) is 48.9 Å². The van der Waals surface area contributed by atoms with E-state index in [1.165, 1.54) is 0 Å². The number of nitrogens with one attached hydrogen (secondary N) is 4. The molecule has 0 aliphatic carbocycles. The summed E-state index contributed by atoms with van der Waals surface area (Å²) >= 11 is 0. The summed E-state index contributed by atoms with van der Waals surface area (Å²) in [6.45, 7) is 1.67. The fraction of sp³-hybridized carbons (Fsp3) is 0.0870. The number of hydrogen-bond acceptors (Lipinski definition) is 3. The van der Waals surface area contributed by atoms with Gasteiger partial charge < -0.3 is 21.3 Å². The molecule has 0 spiro atoms. The highest BCUT2D eigenvalue weighted by atomic mass is 16.2. The van der Waals surface area contributed by atoms with Gasteiger partial charge in [0.25, 0.3) is 5.91 Å². The molecule has 0 unspecified atom stereocenters. The van der Waals surface area contributed by atoms with Crippen LogP contribution in [0.1, 0.15) is 15.9 Å². The van der Waals surface area contributed by atoms with Gasteiger partial charge >= 0.3 is 6.03 Å². The van der Waals surface area contributed by atoms with E-state index in [0.29, 0.717) is 22.6 Å². The zero-order chi connectivity index (χ0) is 21.3. The zero-order valence-corrected chi connectivity index (χ0v) is 16.4. The van der Waals surface area contributed by atoms with Gasteiger partial charge in [-0.25, -0.2) is 4.79 Å². The number of aryl methyl sites for hydroxylation is 1. The summed E-state index contributed by atoms with van der Waals surface area (Å²) in [4.78, 5) is 36.5. The molecule has 3 rings (SSSR count). The molecule has 0 heterocycles. The lowest BCUT2D eigenvalue weighted by Gasteiger charge is -2.12. The summed E-state index contributed by atoms with van der Waals surface area (Å²) in [5.41, 5.74) is 3.05. The second-order valence-corrected chi connectivity index (χ2v) is 6.57. The van der Waals surface area contributed by atoms with Crippen molar-refractivity contribution in [3.8, 4) is 0 Å². The molecule has 0 aliphatic rings. The minimum atomic E-state index is -0.391. The Morgan fingerprint density at radius 1 is 0.733 bits per heavy atom. The van der Waals surface area contributed by atoms with Crippen LogP contribution in [0.25, 0.3) is 0 Å². The van der Waals surface area contributed by atoms with Crippen molar-refractivity contribution < 1.29 is 14.4 Å². The third-order valence-corrected chi connectivity index (χ3v) is 4.25. The van der Waals surface area contributed by atoms with Crippen molar-refractivity contribution in [2.75, 3.05) is 22.5 Å². The lowest BCUT2D eigenvalue weighted by Crippen LogP contribution is -2.33. The average Bonchev–Trinajstić information content (AvgIpc) is 2.75. The predicted octanol–water partition coefficient (Wildman–Crippen LogP) is 4.01. The van der Waals surface area contributed by atoms with E-state index in [-0.39, 0.29) is 18.4 Å². The first-order chi connectivity index (χ1) is 14.5. The average molecular weight is 402 g/mol. The van der Waals surface area contributed by atoms with Crippen molar-refractivity contribution >= 4 is 34.9 Å². The maximum atomic E-state index is 12.2. The maximum Gasteiger partial charge on any atom is 0.323 e. The number of hydrogen-bond donors (Lipinski definition) is 4. The Kier molecular flexibility index (Phi) is 6.78. The second kappa shape index (κ2) is 9.88. The van der Waals surface area contributed by atoms with Gasteiger partial charge in [0.05, 0.1) is 6.54 Å². The Labute approximate surface area is 174 Å². The lowest BCUT2D eigenvalue weighted by molar-refractivity contribution is -0.115. The van der Waals surface area contributed by atoms with E-state index in [1.807, 2.05) is 31.2 Å². The topological polar surface area (TPSA) is 99.3 Å². The van der Waals surface area contributed by atoms with E-state index in [9.17, 15) is 14.4 Å².